The first-order chi connectivity index (χ1) is 11.6. The summed E-state index contributed by atoms with van der Waals surface area (Å²) < 4.78 is 5.71. The Labute approximate surface area is 141 Å². The van der Waals surface area contributed by atoms with E-state index in [9.17, 15) is 4.79 Å². The fourth-order valence-electron chi connectivity index (χ4n) is 2.93. The molecular weight excluding hydrogens is 304 g/mol. The average molecular weight is 326 g/mol. The largest absolute Gasteiger partial charge is 0.376 e. The molecule has 6 nitrogen and oxygen atoms in total. The molecule has 1 amide bonds. The third-order valence-electron chi connectivity index (χ3n) is 4.00. The lowest BCUT2D eigenvalue weighted by Gasteiger charge is -2.25. The first kappa shape index (κ1) is 16.5. The van der Waals surface area contributed by atoms with Gasteiger partial charge >= 0.3 is 0 Å². The van der Waals surface area contributed by atoms with Crippen LogP contribution in [0.1, 0.15) is 40.5 Å². The molecular formula is C18H22N4O2. The van der Waals surface area contributed by atoms with Crippen LogP contribution < -0.4 is 0 Å². The Balaban J connectivity index is 1.83. The molecule has 1 fully saturated rings. The van der Waals surface area contributed by atoms with E-state index in [4.69, 9.17) is 4.74 Å². The molecule has 24 heavy (non-hydrogen) atoms. The van der Waals surface area contributed by atoms with Crippen LogP contribution in [0.25, 0.3) is 0 Å². The van der Waals surface area contributed by atoms with E-state index in [1.807, 2.05) is 25.1 Å². The highest BCUT2D eigenvalue weighted by Crippen LogP contribution is 2.16. The fraction of sp³-hybridized carbons (Fsp3) is 0.444. The van der Waals surface area contributed by atoms with Gasteiger partial charge in [0.1, 0.15) is 11.5 Å². The number of ether oxygens (including phenoxy) is 1. The zero-order valence-electron chi connectivity index (χ0n) is 14.1. The predicted octanol–water partition coefficient (Wildman–Crippen LogP) is 2.31. The van der Waals surface area contributed by atoms with Crippen molar-refractivity contribution in [2.75, 3.05) is 13.2 Å². The lowest BCUT2D eigenvalue weighted by molar-refractivity contribution is 0.0499. The van der Waals surface area contributed by atoms with Gasteiger partial charge in [0.25, 0.3) is 5.91 Å². The second kappa shape index (κ2) is 7.49. The van der Waals surface area contributed by atoms with E-state index in [1.54, 1.807) is 24.1 Å². The molecule has 0 N–H and O–H groups in total. The number of aryl methyl sites for hydroxylation is 2. The molecule has 0 bridgehead atoms. The van der Waals surface area contributed by atoms with Gasteiger partial charge in [0.2, 0.25) is 0 Å². The van der Waals surface area contributed by atoms with Crippen molar-refractivity contribution in [3.8, 4) is 0 Å². The Hall–Kier alpha value is -2.34. The van der Waals surface area contributed by atoms with Crippen molar-refractivity contribution in [2.24, 2.45) is 0 Å². The summed E-state index contributed by atoms with van der Waals surface area (Å²) >= 11 is 0. The number of carbonyl (C=O) groups is 1. The molecule has 3 heterocycles. The van der Waals surface area contributed by atoms with Gasteiger partial charge < -0.3 is 9.64 Å². The van der Waals surface area contributed by atoms with Crippen LogP contribution in [0.5, 0.6) is 0 Å². The van der Waals surface area contributed by atoms with Crippen LogP contribution in [0.4, 0.5) is 0 Å². The highest BCUT2D eigenvalue weighted by atomic mass is 16.5. The topological polar surface area (TPSA) is 68.2 Å². The number of aromatic nitrogens is 3. The number of rotatable bonds is 5. The number of hydrogen-bond acceptors (Lipinski definition) is 5. The molecule has 1 saturated heterocycles. The second-order valence-electron chi connectivity index (χ2n) is 6.08. The Bertz CT molecular complexity index is 679. The number of amides is 1. The van der Waals surface area contributed by atoms with Gasteiger partial charge in [0.15, 0.2) is 0 Å². The van der Waals surface area contributed by atoms with Gasteiger partial charge in [0, 0.05) is 25.0 Å². The number of carbonyl (C=O) groups excluding carboxylic acids is 1. The summed E-state index contributed by atoms with van der Waals surface area (Å²) in [7, 11) is 0. The van der Waals surface area contributed by atoms with Crippen LogP contribution in [0.2, 0.25) is 0 Å². The van der Waals surface area contributed by atoms with Crippen LogP contribution in [0, 0.1) is 13.8 Å². The molecule has 3 rings (SSSR count). The van der Waals surface area contributed by atoms with Gasteiger partial charge in [0.05, 0.1) is 18.3 Å². The third kappa shape index (κ3) is 4.14. The highest BCUT2D eigenvalue weighted by molar-refractivity contribution is 5.92. The molecule has 2 aromatic rings. The van der Waals surface area contributed by atoms with Crippen LogP contribution in [0.3, 0.4) is 0 Å². The van der Waals surface area contributed by atoms with Crippen molar-refractivity contribution in [3.05, 3.63) is 53.4 Å². The van der Waals surface area contributed by atoms with Gasteiger partial charge in [-0.25, -0.2) is 9.97 Å². The first-order valence-corrected chi connectivity index (χ1v) is 8.25. The SMILES string of the molecule is Cc1cc(C(=O)N(Cc2ccccn2)C[C@H]2CCCO2)nc(C)n1. The minimum atomic E-state index is -0.107. The van der Waals surface area contributed by atoms with Crippen molar-refractivity contribution in [1.29, 1.82) is 0 Å². The molecule has 0 unspecified atom stereocenters. The van der Waals surface area contributed by atoms with Crippen LogP contribution in [0.15, 0.2) is 30.5 Å². The van der Waals surface area contributed by atoms with E-state index in [0.717, 1.165) is 30.8 Å². The zero-order valence-corrected chi connectivity index (χ0v) is 14.1. The highest BCUT2D eigenvalue weighted by Gasteiger charge is 2.25. The third-order valence-corrected chi connectivity index (χ3v) is 4.00. The van der Waals surface area contributed by atoms with Crippen LogP contribution >= 0.6 is 0 Å². The van der Waals surface area contributed by atoms with Crippen molar-refractivity contribution >= 4 is 5.91 Å². The number of nitrogens with zero attached hydrogens (tertiary/aromatic N) is 4. The number of hydrogen-bond donors (Lipinski definition) is 0. The summed E-state index contributed by atoms with van der Waals surface area (Å²) in [4.78, 5) is 27.7. The maximum absolute atomic E-state index is 13.0. The first-order valence-electron chi connectivity index (χ1n) is 8.25. The van der Waals surface area contributed by atoms with E-state index in [1.165, 1.54) is 0 Å². The molecule has 0 saturated carbocycles. The molecule has 0 aliphatic carbocycles. The Morgan fingerprint density at radius 1 is 1.33 bits per heavy atom. The summed E-state index contributed by atoms with van der Waals surface area (Å²) in [5.74, 6) is 0.498. The Kier molecular flexibility index (Phi) is 5.15. The van der Waals surface area contributed by atoms with E-state index in [2.05, 4.69) is 15.0 Å². The van der Waals surface area contributed by atoms with Crippen LogP contribution in [-0.4, -0.2) is 45.0 Å². The predicted molar refractivity (Wildman–Crippen MR) is 89.5 cm³/mol. The van der Waals surface area contributed by atoms with Crippen LogP contribution in [-0.2, 0) is 11.3 Å². The zero-order chi connectivity index (χ0) is 16.9. The Morgan fingerprint density at radius 2 is 2.21 bits per heavy atom. The Morgan fingerprint density at radius 3 is 2.88 bits per heavy atom. The summed E-state index contributed by atoms with van der Waals surface area (Å²) in [6, 6.07) is 7.45. The molecule has 126 valence electrons. The quantitative estimate of drug-likeness (QED) is 0.843. The summed E-state index contributed by atoms with van der Waals surface area (Å²) in [5, 5.41) is 0. The molecule has 0 radical (unpaired) electrons. The maximum atomic E-state index is 13.0. The summed E-state index contributed by atoms with van der Waals surface area (Å²) in [5.41, 5.74) is 2.07. The monoisotopic (exact) mass is 326 g/mol. The van der Waals surface area contributed by atoms with Gasteiger partial charge in [-0.2, -0.15) is 0 Å². The van der Waals surface area contributed by atoms with Crippen molar-refractivity contribution in [3.63, 3.8) is 0 Å². The molecule has 1 atom stereocenters. The van der Waals surface area contributed by atoms with E-state index < -0.39 is 0 Å². The van der Waals surface area contributed by atoms with E-state index in [0.29, 0.717) is 24.6 Å². The van der Waals surface area contributed by atoms with Crippen molar-refractivity contribution in [1.82, 2.24) is 19.9 Å². The lowest BCUT2D eigenvalue weighted by Crippen LogP contribution is -2.37. The number of pyridine rings is 1. The van der Waals surface area contributed by atoms with Crippen molar-refractivity contribution < 1.29 is 9.53 Å². The molecule has 0 spiro atoms. The van der Waals surface area contributed by atoms with Gasteiger partial charge in [-0.15, -0.1) is 0 Å². The second-order valence-corrected chi connectivity index (χ2v) is 6.08. The lowest BCUT2D eigenvalue weighted by atomic mass is 10.2. The normalized spacial score (nSPS) is 17.0. The minimum absolute atomic E-state index is 0.0849. The molecule has 0 aromatic carbocycles. The molecule has 1 aliphatic rings. The van der Waals surface area contributed by atoms with Gasteiger partial charge in [-0.3, -0.25) is 9.78 Å². The fourth-order valence-corrected chi connectivity index (χ4v) is 2.93. The standard InChI is InChI=1S/C18H22N4O2/c1-13-10-17(21-14(2)20-13)18(23)22(12-16-7-5-9-24-16)11-15-6-3-4-8-19-15/h3-4,6,8,10,16H,5,7,9,11-12H2,1-2H3/t16-/m1/s1. The smallest absolute Gasteiger partial charge is 0.273 e. The van der Waals surface area contributed by atoms with E-state index >= 15 is 0 Å². The summed E-state index contributed by atoms with van der Waals surface area (Å²) in [6.07, 6.45) is 3.85. The minimum Gasteiger partial charge on any atom is -0.376 e. The summed E-state index contributed by atoms with van der Waals surface area (Å²) in [6.45, 7) is 5.43. The molecule has 1 aliphatic heterocycles. The molecule has 6 heteroatoms. The average Bonchev–Trinajstić information content (AvgIpc) is 3.07. The van der Waals surface area contributed by atoms with Gasteiger partial charge in [-0.05, 0) is 44.9 Å². The maximum Gasteiger partial charge on any atom is 0.273 e. The molecule has 2 aromatic heterocycles. The van der Waals surface area contributed by atoms with Gasteiger partial charge in [-0.1, -0.05) is 6.07 Å². The van der Waals surface area contributed by atoms with Crippen molar-refractivity contribution in [2.45, 2.75) is 39.3 Å². The van der Waals surface area contributed by atoms with E-state index in [-0.39, 0.29) is 12.0 Å².